The fourth-order valence-corrected chi connectivity index (χ4v) is 2.82. The van der Waals surface area contributed by atoms with Crippen LogP contribution in [0.3, 0.4) is 0 Å². The topological polar surface area (TPSA) is 131 Å². The number of aliphatic hydroxyl groups is 1. The lowest BCUT2D eigenvalue weighted by molar-refractivity contribution is -0.0979. The number of ether oxygens (including phenoxy) is 3. The number of hydrogen-bond acceptors (Lipinski definition) is 7. The number of azide groups is 1. The molecule has 1 aliphatic heterocycles. The van der Waals surface area contributed by atoms with Gasteiger partial charge in [-0.15, -0.1) is 0 Å². The Kier molecular flexibility index (Phi) is 5.90. The Morgan fingerprint density at radius 2 is 1.61 bits per heavy atom. The van der Waals surface area contributed by atoms with Gasteiger partial charge in [0.1, 0.15) is 0 Å². The lowest BCUT2D eigenvalue weighted by Crippen LogP contribution is -2.48. The van der Waals surface area contributed by atoms with Gasteiger partial charge in [0, 0.05) is 4.91 Å². The molecule has 2 aromatic carbocycles. The summed E-state index contributed by atoms with van der Waals surface area (Å²) in [6.07, 6.45) is -2.40. The van der Waals surface area contributed by atoms with Gasteiger partial charge in [-0.3, -0.25) is 0 Å². The van der Waals surface area contributed by atoms with Crippen LogP contribution in [0.25, 0.3) is 10.4 Å². The van der Waals surface area contributed by atoms with E-state index in [0.29, 0.717) is 5.56 Å². The lowest BCUT2D eigenvalue weighted by Gasteiger charge is -2.29. The van der Waals surface area contributed by atoms with Crippen LogP contribution in [0.2, 0.25) is 0 Å². The van der Waals surface area contributed by atoms with Crippen molar-refractivity contribution in [2.45, 2.75) is 17.9 Å². The van der Waals surface area contributed by atoms with E-state index in [1.54, 1.807) is 48.5 Å². The first-order valence-corrected chi connectivity index (χ1v) is 8.43. The summed E-state index contributed by atoms with van der Waals surface area (Å²) < 4.78 is 16.3. The number of hydrogen-bond donors (Lipinski definition) is 1. The molecule has 0 amide bonds. The number of nitrogens with zero attached hydrogens (tertiary/aromatic N) is 3. The molecule has 1 fully saturated rings. The summed E-state index contributed by atoms with van der Waals surface area (Å²) in [6, 6.07) is 16.3. The second-order valence-corrected chi connectivity index (χ2v) is 6.01. The van der Waals surface area contributed by atoms with E-state index in [1.807, 2.05) is 0 Å². The summed E-state index contributed by atoms with van der Waals surface area (Å²) in [7, 11) is 0. The van der Waals surface area contributed by atoms with E-state index in [0.717, 1.165) is 0 Å². The van der Waals surface area contributed by atoms with Crippen LogP contribution < -0.4 is 0 Å². The van der Waals surface area contributed by atoms with Gasteiger partial charge in [0.2, 0.25) is 5.72 Å². The van der Waals surface area contributed by atoms with Gasteiger partial charge >= 0.3 is 11.9 Å². The largest absolute Gasteiger partial charge is 0.452 e. The van der Waals surface area contributed by atoms with Gasteiger partial charge in [-0.1, -0.05) is 41.5 Å². The van der Waals surface area contributed by atoms with Gasteiger partial charge in [-0.05, 0) is 29.8 Å². The highest BCUT2D eigenvalue weighted by atomic mass is 16.6. The molecule has 1 N–H and O–H groups in total. The molecule has 3 rings (SSSR count). The summed E-state index contributed by atoms with van der Waals surface area (Å²) in [5.41, 5.74) is 7.51. The molecule has 0 bridgehead atoms. The maximum atomic E-state index is 12.5. The number of benzene rings is 2. The SMILES string of the molecule is [N-]=[N+]=N[C@]1(CO)OC[C@@H](OC(=O)c2ccccc2)[C@@H]1OC(=O)c1ccccc1. The van der Waals surface area contributed by atoms with E-state index in [1.165, 1.54) is 12.1 Å². The molecule has 9 nitrogen and oxygen atoms in total. The van der Waals surface area contributed by atoms with Crippen molar-refractivity contribution in [3.8, 4) is 0 Å². The minimum Gasteiger partial charge on any atom is -0.452 e. The third kappa shape index (κ3) is 3.96. The van der Waals surface area contributed by atoms with Crippen molar-refractivity contribution in [2.24, 2.45) is 5.11 Å². The van der Waals surface area contributed by atoms with Crippen LogP contribution in [-0.2, 0) is 14.2 Å². The molecule has 0 radical (unpaired) electrons. The van der Waals surface area contributed by atoms with E-state index >= 15 is 0 Å². The van der Waals surface area contributed by atoms with Gasteiger partial charge in [0.05, 0.1) is 24.3 Å². The lowest BCUT2D eigenvalue weighted by atomic mass is 10.1. The molecular weight excluding hydrogens is 366 g/mol. The Morgan fingerprint density at radius 1 is 1.07 bits per heavy atom. The van der Waals surface area contributed by atoms with E-state index in [4.69, 9.17) is 19.7 Å². The first-order chi connectivity index (χ1) is 13.6. The monoisotopic (exact) mass is 383 g/mol. The third-order valence-electron chi connectivity index (χ3n) is 4.23. The van der Waals surface area contributed by atoms with Crippen LogP contribution in [-0.4, -0.2) is 48.2 Å². The second kappa shape index (κ2) is 8.53. The molecule has 3 atom stereocenters. The van der Waals surface area contributed by atoms with E-state index < -0.39 is 36.5 Å². The van der Waals surface area contributed by atoms with Crippen LogP contribution in [0.15, 0.2) is 65.8 Å². The number of esters is 2. The maximum absolute atomic E-state index is 12.5. The fraction of sp³-hybridized carbons (Fsp3) is 0.263. The molecule has 0 spiro atoms. The fourth-order valence-electron chi connectivity index (χ4n) is 2.82. The number of carbonyl (C=O) groups excluding carboxylic acids is 2. The first kappa shape index (κ1) is 19.4. The number of aliphatic hydroxyl groups excluding tert-OH is 1. The zero-order valence-corrected chi connectivity index (χ0v) is 14.7. The molecule has 144 valence electrons. The molecule has 0 aromatic heterocycles. The predicted octanol–water partition coefficient (Wildman–Crippen LogP) is 2.47. The van der Waals surface area contributed by atoms with Crippen LogP contribution in [0.1, 0.15) is 20.7 Å². The minimum absolute atomic E-state index is 0.217. The zero-order chi connectivity index (χ0) is 20.0. The second-order valence-electron chi connectivity index (χ2n) is 6.01. The van der Waals surface area contributed by atoms with E-state index in [-0.39, 0.29) is 12.2 Å². The Hall–Kier alpha value is -3.39. The van der Waals surface area contributed by atoms with Crippen molar-refractivity contribution >= 4 is 11.9 Å². The standard InChI is InChI=1S/C19H17N3O6/c20-22-21-19(12-23)16(28-18(25)14-9-5-2-6-10-14)15(11-26-19)27-17(24)13-7-3-1-4-8-13/h1-10,15-16,23H,11-12H2/t15-,16+,19-/m1/s1. The summed E-state index contributed by atoms with van der Waals surface area (Å²) in [4.78, 5) is 27.5. The molecule has 2 aromatic rings. The van der Waals surface area contributed by atoms with Crippen molar-refractivity contribution in [3.05, 3.63) is 82.2 Å². The van der Waals surface area contributed by atoms with Crippen molar-refractivity contribution in [2.75, 3.05) is 13.2 Å². The molecule has 0 unspecified atom stereocenters. The highest BCUT2D eigenvalue weighted by molar-refractivity contribution is 5.90. The number of carbonyl (C=O) groups is 2. The Labute approximate surface area is 160 Å². The summed E-state index contributed by atoms with van der Waals surface area (Å²) in [5.74, 6) is -1.40. The van der Waals surface area contributed by atoms with Crippen molar-refractivity contribution in [3.63, 3.8) is 0 Å². The molecule has 28 heavy (non-hydrogen) atoms. The smallest absolute Gasteiger partial charge is 0.338 e. The molecule has 1 heterocycles. The van der Waals surface area contributed by atoms with E-state index in [2.05, 4.69) is 10.0 Å². The average molecular weight is 383 g/mol. The van der Waals surface area contributed by atoms with Gasteiger partial charge in [0.25, 0.3) is 0 Å². The predicted molar refractivity (Wildman–Crippen MR) is 96.2 cm³/mol. The van der Waals surface area contributed by atoms with Crippen LogP contribution in [0.5, 0.6) is 0 Å². The normalized spacial score (nSPS) is 23.5. The maximum Gasteiger partial charge on any atom is 0.338 e. The highest BCUT2D eigenvalue weighted by Gasteiger charge is 2.54. The highest BCUT2D eigenvalue weighted by Crippen LogP contribution is 2.33. The van der Waals surface area contributed by atoms with Crippen molar-refractivity contribution in [1.29, 1.82) is 0 Å². The van der Waals surface area contributed by atoms with Crippen molar-refractivity contribution < 1.29 is 28.9 Å². The Balaban J connectivity index is 1.85. The van der Waals surface area contributed by atoms with Crippen LogP contribution in [0, 0.1) is 0 Å². The summed E-state index contributed by atoms with van der Waals surface area (Å²) in [6.45, 7) is -0.978. The number of rotatable bonds is 6. The summed E-state index contributed by atoms with van der Waals surface area (Å²) in [5, 5.41) is 13.2. The molecule has 9 heteroatoms. The molecule has 1 aliphatic rings. The van der Waals surface area contributed by atoms with Crippen LogP contribution >= 0.6 is 0 Å². The Bertz CT molecular complexity index is 885. The average Bonchev–Trinajstić information content (AvgIpc) is 3.07. The Morgan fingerprint density at radius 3 is 2.11 bits per heavy atom. The van der Waals surface area contributed by atoms with E-state index in [9.17, 15) is 14.7 Å². The van der Waals surface area contributed by atoms with Gasteiger partial charge in [-0.2, -0.15) is 0 Å². The molecule has 1 saturated heterocycles. The minimum atomic E-state index is -1.89. The van der Waals surface area contributed by atoms with Gasteiger partial charge in [0.15, 0.2) is 12.2 Å². The van der Waals surface area contributed by atoms with Gasteiger partial charge in [-0.25, -0.2) is 9.59 Å². The van der Waals surface area contributed by atoms with Crippen molar-refractivity contribution in [1.82, 2.24) is 0 Å². The molecule has 0 saturated carbocycles. The summed E-state index contributed by atoms with van der Waals surface area (Å²) >= 11 is 0. The third-order valence-corrected chi connectivity index (χ3v) is 4.23. The first-order valence-electron chi connectivity index (χ1n) is 8.43. The van der Waals surface area contributed by atoms with Crippen LogP contribution in [0.4, 0.5) is 0 Å². The molecular formula is C19H17N3O6. The quantitative estimate of drug-likeness (QED) is 0.353. The van der Waals surface area contributed by atoms with Gasteiger partial charge < -0.3 is 19.3 Å². The molecule has 0 aliphatic carbocycles. The zero-order valence-electron chi connectivity index (χ0n) is 14.7.